The lowest BCUT2D eigenvalue weighted by molar-refractivity contribution is -0.113. The van der Waals surface area contributed by atoms with Crippen LogP contribution in [0.1, 0.15) is 23.6 Å². The Morgan fingerprint density at radius 3 is 2.27 bits per heavy atom. The number of nitrogens with zero attached hydrogens (tertiary/aromatic N) is 2. The predicted molar refractivity (Wildman–Crippen MR) is 117 cm³/mol. The number of amidine groups is 1. The van der Waals surface area contributed by atoms with E-state index in [1.165, 1.54) is 17.0 Å². The Labute approximate surface area is 175 Å². The number of hydrogen-bond donors (Lipinski definition) is 0. The molecule has 4 rings (SSSR count). The van der Waals surface area contributed by atoms with Crippen molar-refractivity contribution in [2.75, 3.05) is 11.5 Å². The van der Waals surface area contributed by atoms with Crippen LogP contribution in [-0.2, 0) is 4.79 Å². The smallest absolute Gasteiger partial charge is 0.282 e. The lowest BCUT2D eigenvalue weighted by Gasteiger charge is -2.18. The van der Waals surface area contributed by atoms with Crippen molar-refractivity contribution in [3.8, 4) is 5.75 Å². The summed E-state index contributed by atoms with van der Waals surface area (Å²) < 4.78 is 18.9. The van der Waals surface area contributed by atoms with Gasteiger partial charge in [-0.05, 0) is 61.9 Å². The van der Waals surface area contributed by atoms with Crippen LogP contribution in [0.4, 0.5) is 10.1 Å². The van der Waals surface area contributed by atoms with Gasteiger partial charge in [0.05, 0.1) is 12.3 Å². The van der Waals surface area contributed by atoms with Gasteiger partial charge in [0.15, 0.2) is 0 Å². The molecule has 0 saturated heterocycles. The van der Waals surface area contributed by atoms with Crippen LogP contribution in [0.15, 0.2) is 83.5 Å². The van der Waals surface area contributed by atoms with Gasteiger partial charge in [0.2, 0.25) is 0 Å². The number of rotatable bonds is 5. The first kappa shape index (κ1) is 19.6. The number of ether oxygens (including phenoxy) is 1. The molecule has 0 radical (unpaired) electrons. The quantitative estimate of drug-likeness (QED) is 0.541. The average Bonchev–Trinajstić information content (AvgIpc) is 3.07. The average molecular weight is 400 g/mol. The van der Waals surface area contributed by atoms with E-state index in [9.17, 15) is 9.18 Å². The molecule has 0 aromatic heterocycles. The number of amides is 1. The van der Waals surface area contributed by atoms with Gasteiger partial charge in [0.25, 0.3) is 5.91 Å². The topological polar surface area (TPSA) is 41.9 Å². The second-order valence-corrected chi connectivity index (χ2v) is 6.95. The molecular weight excluding hydrogens is 379 g/mol. The van der Waals surface area contributed by atoms with E-state index in [2.05, 4.69) is 4.99 Å². The molecule has 0 atom stereocenters. The van der Waals surface area contributed by atoms with Crippen LogP contribution >= 0.6 is 0 Å². The number of benzene rings is 3. The molecule has 1 aliphatic rings. The summed E-state index contributed by atoms with van der Waals surface area (Å²) in [5.74, 6) is 0.674. The van der Waals surface area contributed by atoms with Crippen molar-refractivity contribution in [1.29, 1.82) is 0 Å². The van der Waals surface area contributed by atoms with Crippen LogP contribution in [0.5, 0.6) is 5.75 Å². The normalized spacial score (nSPS) is 14.9. The van der Waals surface area contributed by atoms with Gasteiger partial charge in [-0.3, -0.25) is 9.69 Å². The Hall–Kier alpha value is -3.73. The first-order valence-corrected chi connectivity index (χ1v) is 9.75. The zero-order valence-electron chi connectivity index (χ0n) is 16.8. The Balaban J connectivity index is 1.75. The van der Waals surface area contributed by atoms with E-state index in [0.717, 1.165) is 22.4 Å². The van der Waals surface area contributed by atoms with Crippen LogP contribution in [0.3, 0.4) is 0 Å². The van der Waals surface area contributed by atoms with Gasteiger partial charge >= 0.3 is 0 Å². The van der Waals surface area contributed by atoms with Gasteiger partial charge in [-0.15, -0.1) is 0 Å². The first-order valence-electron chi connectivity index (χ1n) is 9.75. The fourth-order valence-corrected chi connectivity index (χ4v) is 3.23. The van der Waals surface area contributed by atoms with Crippen molar-refractivity contribution >= 4 is 23.5 Å². The number of aliphatic imine (C=N–C) groups is 1. The van der Waals surface area contributed by atoms with E-state index in [0.29, 0.717) is 23.8 Å². The third-order valence-electron chi connectivity index (χ3n) is 4.75. The van der Waals surface area contributed by atoms with E-state index in [-0.39, 0.29) is 11.7 Å². The summed E-state index contributed by atoms with van der Waals surface area (Å²) in [6, 6.07) is 21.1. The molecule has 150 valence electrons. The van der Waals surface area contributed by atoms with Gasteiger partial charge in [0.1, 0.15) is 23.1 Å². The molecule has 30 heavy (non-hydrogen) atoms. The van der Waals surface area contributed by atoms with Gasteiger partial charge < -0.3 is 4.74 Å². The molecule has 0 bridgehead atoms. The number of carbonyl (C=O) groups excluding carboxylic acids is 1. The Bertz CT molecular complexity index is 1120. The van der Waals surface area contributed by atoms with E-state index in [4.69, 9.17) is 4.74 Å². The Kier molecular flexibility index (Phi) is 5.44. The number of hydrogen-bond acceptors (Lipinski definition) is 3. The largest absolute Gasteiger partial charge is 0.494 e. The minimum Gasteiger partial charge on any atom is -0.494 e. The van der Waals surface area contributed by atoms with Crippen LogP contribution in [0.2, 0.25) is 0 Å². The number of aryl methyl sites for hydroxylation is 1. The first-order chi connectivity index (χ1) is 14.5. The van der Waals surface area contributed by atoms with Crippen LogP contribution in [0, 0.1) is 12.7 Å². The lowest BCUT2D eigenvalue weighted by Crippen LogP contribution is -2.32. The molecule has 3 aromatic rings. The number of halogens is 1. The molecular formula is C25H21FN2O2. The predicted octanol–water partition coefficient (Wildman–Crippen LogP) is 5.37. The molecule has 0 N–H and O–H groups in total. The van der Waals surface area contributed by atoms with E-state index in [1.54, 1.807) is 18.2 Å². The molecule has 0 saturated carbocycles. The van der Waals surface area contributed by atoms with Crippen molar-refractivity contribution in [2.45, 2.75) is 13.8 Å². The highest BCUT2D eigenvalue weighted by Crippen LogP contribution is 2.28. The van der Waals surface area contributed by atoms with Crippen molar-refractivity contribution in [3.05, 3.63) is 101 Å². The fraction of sp³-hybridized carbons (Fsp3) is 0.120. The van der Waals surface area contributed by atoms with Gasteiger partial charge in [0, 0.05) is 5.56 Å². The van der Waals surface area contributed by atoms with Crippen molar-refractivity contribution in [3.63, 3.8) is 0 Å². The van der Waals surface area contributed by atoms with Crippen molar-refractivity contribution in [2.24, 2.45) is 4.99 Å². The zero-order chi connectivity index (χ0) is 21.1. The second kappa shape index (κ2) is 8.33. The maximum Gasteiger partial charge on any atom is 0.282 e. The summed E-state index contributed by atoms with van der Waals surface area (Å²) in [5.41, 5.74) is 3.65. The summed E-state index contributed by atoms with van der Waals surface area (Å²) in [6.45, 7) is 4.52. The van der Waals surface area contributed by atoms with E-state index < -0.39 is 0 Å². The summed E-state index contributed by atoms with van der Waals surface area (Å²) in [5, 5.41) is 0. The number of anilines is 1. The van der Waals surface area contributed by atoms with Gasteiger partial charge in [-0.2, -0.15) is 0 Å². The molecule has 1 aliphatic heterocycles. The van der Waals surface area contributed by atoms with E-state index in [1.807, 2.05) is 62.4 Å². The fourth-order valence-electron chi connectivity index (χ4n) is 3.23. The van der Waals surface area contributed by atoms with Crippen LogP contribution in [0.25, 0.3) is 6.08 Å². The molecule has 0 fully saturated rings. The summed E-state index contributed by atoms with van der Waals surface area (Å²) in [6.07, 6.45) is 1.75. The maximum absolute atomic E-state index is 13.4. The van der Waals surface area contributed by atoms with E-state index >= 15 is 0 Å². The van der Waals surface area contributed by atoms with Crippen LogP contribution in [-0.4, -0.2) is 18.3 Å². The molecule has 0 spiro atoms. The van der Waals surface area contributed by atoms with Gasteiger partial charge in [-0.1, -0.05) is 42.0 Å². The summed E-state index contributed by atoms with van der Waals surface area (Å²) in [4.78, 5) is 19.4. The lowest BCUT2D eigenvalue weighted by atomic mass is 10.1. The molecule has 3 aromatic carbocycles. The highest BCUT2D eigenvalue weighted by molar-refractivity contribution is 6.33. The molecule has 5 heteroatoms. The standard InChI is InChI=1S/C25H21FN2O2/c1-3-30-22-14-6-18(7-15-22)16-23-25(29)28(21-12-10-20(26)11-13-21)24(27-23)19-8-4-17(2)5-9-19/h4-16H,3H2,1-2H3/b23-16+. The highest BCUT2D eigenvalue weighted by atomic mass is 19.1. The molecule has 1 amide bonds. The van der Waals surface area contributed by atoms with Gasteiger partial charge in [-0.25, -0.2) is 9.38 Å². The second-order valence-electron chi connectivity index (χ2n) is 6.95. The van der Waals surface area contributed by atoms with Crippen LogP contribution < -0.4 is 9.64 Å². The molecule has 1 heterocycles. The molecule has 4 nitrogen and oxygen atoms in total. The number of carbonyl (C=O) groups is 1. The third-order valence-corrected chi connectivity index (χ3v) is 4.75. The molecule has 0 aliphatic carbocycles. The molecule has 0 unspecified atom stereocenters. The minimum atomic E-state index is -0.357. The Morgan fingerprint density at radius 2 is 1.63 bits per heavy atom. The summed E-state index contributed by atoms with van der Waals surface area (Å²) >= 11 is 0. The van der Waals surface area contributed by atoms with Crippen molar-refractivity contribution < 1.29 is 13.9 Å². The summed E-state index contributed by atoms with van der Waals surface area (Å²) in [7, 11) is 0. The highest BCUT2D eigenvalue weighted by Gasteiger charge is 2.32. The maximum atomic E-state index is 13.4. The monoisotopic (exact) mass is 400 g/mol. The SMILES string of the molecule is CCOc1ccc(/C=C2/N=C(c3ccc(C)cc3)N(c3ccc(F)cc3)C2=O)cc1. The zero-order valence-corrected chi connectivity index (χ0v) is 16.8. The Morgan fingerprint density at radius 1 is 0.967 bits per heavy atom. The van der Waals surface area contributed by atoms with Crippen molar-refractivity contribution in [1.82, 2.24) is 0 Å². The third kappa shape index (κ3) is 4.01. The minimum absolute atomic E-state index is 0.258.